The van der Waals surface area contributed by atoms with Crippen molar-refractivity contribution < 1.29 is 28.9 Å². The Kier molecular flexibility index (Phi) is 7.08. The van der Waals surface area contributed by atoms with Crippen molar-refractivity contribution in [1.82, 2.24) is 10.6 Å². The van der Waals surface area contributed by atoms with Crippen molar-refractivity contribution in [2.45, 2.75) is 44.1 Å². The van der Waals surface area contributed by atoms with Crippen LogP contribution in [0, 0.1) is 0 Å². The second-order valence-corrected chi connectivity index (χ2v) is 7.80. The van der Waals surface area contributed by atoms with Gasteiger partial charge in [0.15, 0.2) is 11.5 Å². The number of hydrogen-bond donors (Lipinski definition) is 4. The highest BCUT2D eigenvalue weighted by Gasteiger charge is 2.33. The van der Waals surface area contributed by atoms with Crippen LogP contribution in [0.15, 0.2) is 48.5 Å². The summed E-state index contributed by atoms with van der Waals surface area (Å²) in [7, 11) is 0. The maximum Gasteiger partial charge on any atom is 0.319 e. The first-order chi connectivity index (χ1) is 15.6. The summed E-state index contributed by atoms with van der Waals surface area (Å²) in [5, 5.41) is 18.2. The molecule has 170 valence electrons. The summed E-state index contributed by atoms with van der Waals surface area (Å²) in [6, 6.07) is 14.0. The minimum absolute atomic E-state index is 0.109. The van der Waals surface area contributed by atoms with Gasteiger partial charge in [0.2, 0.25) is 12.7 Å². The van der Waals surface area contributed by atoms with Crippen molar-refractivity contribution >= 4 is 17.6 Å². The predicted molar refractivity (Wildman–Crippen MR) is 116 cm³/mol. The fourth-order valence-corrected chi connectivity index (χ4v) is 3.83. The lowest BCUT2D eigenvalue weighted by molar-refractivity contribution is -0.130. The second-order valence-electron chi connectivity index (χ2n) is 7.80. The Labute approximate surface area is 186 Å². The number of aliphatic hydroxyl groups is 1. The number of carbonyl (C=O) groups is 2. The number of anilines is 1. The summed E-state index contributed by atoms with van der Waals surface area (Å²) in [5.41, 5.74) is 1.59. The van der Waals surface area contributed by atoms with E-state index in [-0.39, 0.29) is 37.9 Å². The predicted octanol–water partition coefficient (Wildman–Crippen LogP) is 2.15. The monoisotopic (exact) mass is 441 g/mol. The Morgan fingerprint density at radius 2 is 1.84 bits per heavy atom. The van der Waals surface area contributed by atoms with Gasteiger partial charge in [-0.3, -0.25) is 4.79 Å². The molecule has 0 radical (unpaired) electrons. The van der Waals surface area contributed by atoms with E-state index in [1.54, 1.807) is 18.2 Å². The highest BCUT2D eigenvalue weighted by atomic mass is 16.7. The SMILES string of the molecule is O=C(C[C@@H]1CC[C@H](NC(=O)Nc2ccc3c(c2)OCO3)[C@@H](CO)O1)NCc1ccccc1. The summed E-state index contributed by atoms with van der Waals surface area (Å²) in [4.78, 5) is 24.7. The van der Waals surface area contributed by atoms with Gasteiger partial charge in [-0.2, -0.15) is 0 Å². The van der Waals surface area contributed by atoms with Gasteiger partial charge in [0.05, 0.1) is 25.2 Å². The van der Waals surface area contributed by atoms with Crippen LogP contribution in [0.3, 0.4) is 0 Å². The van der Waals surface area contributed by atoms with Gasteiger partial charge in [0.25, 0.3) is 0 Å². The van der Waals surface area contributed by atoms with E-state index < -0.39 is 12.1 Å². The maximum atomic E-state index is 12.4. The minimum atomic E-state index is -0.585. The van der Waals surface area contributed by atoms with Gasteiger partial charge in [-0.15, -0.1) is 0 Å². The van der Waals surface area contributed by atoms with E-state index in [9.17, 15) is 14.7 Å². The third kappa shape index (κ3) is 5.68. The van der Waals surface area contributed by atoms with Gasteiger partial charge in [-0.05, 0) is 30.5 Å². The number of nitrogens with one attached hydrogen (secondary N) is 3. The molecule has 2 heterocycles. The van der Waals surface area contributed by atoms with E-state index in [1.807, 2.05) is 30.3 Å². The van der Waals surface area contributed by atoms with Gasteiger partial charge in [-0.1, -0.05) is 30.3 Å². The highest BCUT2D eigenvalue weighted by molar-refractivity contribution is 5.90. The first-order valence-corrected chi connectivity index (χ1v) is 10.6. The smallest absolute Gasteiger partial charge is 0.319 e. The molecule has 4 N–H and O–H groups in total. The third-order valence-corrected chi connectivity index (χ3v) is 5.49. The first kappa shape index (κ1) is 21.9. The molecule has 2 aromatic rings. The van der Waals surface area contributed by atoms with Crippen molar-refractivity contribution in [3.63, 3.8) is 0 Å². The molecule has 0 aromatic heterocycles. The molecule has 9 heteroatoms. The molecule has 32 heavy (non-hydrogen) atoms. The van der Waals surface area contributed by atoms with Crippen LogP contribution in [0.25, 0.3) is 0 Å². The highest BCUT2D eigenvalue weighted by Crippen LogP contribution is 2.34. The number of rotatable bonds is 7. The Bertz CT molecular complexity index is 939. The molecule has 0 saturated carbocycles. The zero-order valence-electron chi connectivity index (χ0n) is 17.6. The fourth-order valence-electron chi connectivity index (χ4n) is 3.83. The summed E-state index contributed by atoms with van der Waals surface area (Å²) in [5.74, 6) is 1.10. The first-order valence-electron chi connectivity index (χ1n) is 10.6. The van der Waals surface area contributed by atoms with E-state index >= 15 is 0 Å². The summed E-state index contributed by atoms with van der Waals surface area (Å²) in [6.07, 6.45) is 0.510. The molecule has 3 amide bonds. The standard InChI is InChI=1S/C23H27N3O6/c27-13-21-18(26-23(29)25-16-6-9-19-20(10-16)31-14-30-19)8-7-17(32-21)11-22(28)24-12-15-4-2-1-3-5-15/h1-6,9-10,17-18,21,27H,7-8,11-14H2,(H,24,28)(H2,25,26,29)/t17-,18-,21+/m0/s1. The molecule has 9 nitrogen and oxygen atoms in total. The van der Waals surface area contributed by atoms with Gasteiger partial charge < -0.3 is 35.3 Å². The van der Waals surface area contributed by atoms with Crippen molar-refractivity contribution in [3.8, 4) is 11.5 Å². The van der Waals surface area contributed by atoms with Crippen LogP contribution in [0.2, 0.25) is 0 Å². The number of amides is 3. The number of ether oxygens (including phenoxy) is 3. The van der Waals surface area contributed by atoms with E-state index in [2.05, 4.69) is 16.0 Å². The van der Waals surface area contributed by atoms with Crippen LogP contribution < -0.4 is 25.4 Å². The zero-order valence-corrected chi connectivity index (χ0v) is 17.6. The third-order valence-electron chi connectivity index (χ3n) is 5.49. The number of fused-ring (bicyclic) bond motifs is 1. The van der Waals surface area contributed by atoms with Crippen LogP contribution >= 0.6 is 0 Å². The minimum Gasteiger partial charge on any atom is -0.454 e. The summed E-state index contributed by atoms with van der Waals surface area (Å²) in [6.45, 7) is 0.366. The van der Waals surface area contributed by atoms with Crippen molar-refractivity contribution in [2.24, 2.45) is 0 Å². The normalized spacial score (nSPS) is 21.6. The molecule has 0 unspecified atom stereocenters. The van der Waals surface area contributed by atoms with Crippen molar-refractivity contribution in [1.29, 1.82) is 0 Å². The molecular formula is C23H27N3O6. The van der Waals surface area contributed by atoms with Crippen LogP contribution in [0.5, 0.6) is 11.5 Å². The maximum absolute atomic E-state index is 12.4. The van der Waals surface area contributed by atoms with Crippen molar-refractivity contribution in [2.75, 3.05) is 18.7 Å². The molecule has 2 aliphatic rings. The topological polar surface area (TPSA) is 118 Å². The molecule has 2 aromatic carbocycles. The lowest BCUT2D eigenvalue weighted by atomic mass is 9.97. The van der Waals surface area contributed by atoms with E-state index in [4.69, 9.17) is 14.2 Å². The van der Waals surface area contributed by atoms with E-state index in [0.717, 1.165) is 5.56 Å². The van der Waals surface area contributed by atoms with Gasteiger partial charge in [-0.25, -0.2) is 4.79 Å². The summed E-state index contributed by atoms with van der Waals surface area (Å²) < 4.78 is 16.5. The summed E-state index contributed by atoms with van der Waals surface area (Å²) >= 11 is 0. The van der Waals surface area contributed by atoms with Crippen LogP contribution in [-0.4, -0.2) is 48.7 Å². The Morgan fingerprint density at radius 3 is 2.66 bits per heavy atom. The largest absolute Gasteiger partial charge is 0.454 e. The second kappa shape index (κ2) is 10.3. The number of aliphatic hydroxyl groups excluding tert-OH is 1. The van der Waals surface area contributed by atoms with Gasteiger partial charge >= 0.3 is 6.03 Å². The Hall–Kier alpha value is -3.30. The Balaban J connectivity index is 1.23. The number of urea groups is 1. The fraction of sp³-hybridized carbons (Fsp3) is 0.391. The van der Waals surface area contributed by atoms with Crippen molar-refractivity contribution in [3.05, 3.63) is 54.1 Å². The number of hydrogen-bond acceptors (Lipinski definition) is 6. The van der Waals surface area contributed by atoms with Gasteiger partial charge in [0.1, 0.15) is 6.10 Å². The Morgan fingerprint density at radius 1 is 1.03 bits per heavy atom. The quantitative estimate of drug-likeness (QED) is 0.523. The molecule has 0 bridgehead atoms. The molecule has 4 rings (SSSR count). The van der Waals surface area contributed by atoms with Crippen LogP contribution in [0.1, 0.15) is 24.8 Å². The van der Waals surface area contributed by atoms with Crippen LogP contribution in [-0.2, 0) is 16.1 Å². The molecular weight excluding hydrogens is 414 g/mol. The average Bonchev–Trinajstić information content (AvgIpc) is 3.27. The number of benzene rings is 2. The molecule has 1 fully saturated rings. The van der Waals surface area contributed by atoms with Gasteiger partial charge in [0, 0.05) is 18.3 Å². The number of carbonyl (C=O) groups excluding carboxylic acids is 2. The molecule has 1 saturated heterocycles. The molecule has 0 aliphatic carbocycles. The zero-order chi connectivity index (χ0) is 22.3. The molecule has 0 spiro atoms. The van der Waals surface area contributed by atoms with E-state index in [0.29, 0.717) is 36.6 Å². The molecule has 3 atom stereocenters. The average molecular weight is 441 g/mol. The lowest BCUT2D eigenvalue weighted by Crippen LogP contribution is -2.52. The van der Waals surface area contributed by atoms with Crippen LogP contribution in [0.4, 0.5) is 10.5 Å². The molecule has 2 aliphatic heterocycles. The lowest BCUT2D eigenvalue weighted by Gasteiger charge is -2.35. The van der Waals surface area contributed by atoms with E-state index in [1.165, 1.54) is 0 Å².